The van der Waals surface area contributed by atoms with Gasteiger partial charge in [0.1, 0.15) is 0 Å². The van der Waals surface area contributed by atoms with Crippen LogP contribution < -0.4 is 10.2 Å². The third kappa shape index (κ3) is 4.08. The molecular weight excluding hydrogens is 439 g/mol. The van der Waals surface area contributed by atoms with Crippen molar-refractivity contribution in [2.75, 3.05) is 10.2 Å². The van der Waals surface area contributed by atoms with Crippen molar-refractivity contribution in [3.05, 3.63) is 75.5 Å². The van der Waals surface area contributed by atoms with Gasteiger partial charge in [0.05, 0.1) is 22.3 Å². The number of alkyl halides is 3. The summed E-state index contributed by atoms with van der Waals surface area (Å²) < 4.78 is 41.3. The van der Waals surface area contributed by atoms with E-state index in [4.69, 9.17) is 0 Å². The number of fused-ring (bicyclic) bond motifs is 1. The van der Waals surface area contributed by atoms with Crippen LogP contribution in [0.4, 0.5) is 30.2 Å². The van der Waals surface area contributed by atoms with E-state index in [1.54, 1.807) is 12.1 Å². The van der Waals surface area contributed by atoms with E-state index in [1.807, 2.05) is 13.8 Å². The summed E-state index contributed by atoms with van der Waals surface area (Å²) in [7, 11) is 0. The molecule has 1 amide bonds. The van der Waals surface area contributed by atoms with Crippen molar-refractivity contribution in [3.63, 3.8) is 0 Å². The number of nitro benzene ring substituents is 1. The van der Waals surface area contributed by atoms with Crippen LogP contribution in [0.2, 0.25) is 0 Å². The zero-order valence-electron chi connectivity index (χ0n) is 17.8. The smallest absolute Gasteiger partial charge is 0.357 e. The molecule has 0 bridgehead atoms. The van der Waals surface area contributed by atoms with E-state index in [0.29, 0.717) is 17.0 Å². The molecule has 7 nitrogen and oxygen atoms in total. The number of nitrogens with zero attached hydrogens (tertiary/aromatic N) is 2. The largest absolute Gasteiger partial charge is 0.471 e. The van der Waals surface area contributed by atoms with Gasteiger partial charge in [0.2, 0.25) is 0 Å². The molecule has 0 aromatic heterocycles. The Hall–Kier alpha value is -3.69. The number of amides is 1. The number of nitrogens with one attached hydrogen (secondary N) is 1. The minimum absolute atomic E-state index is 0.0387. The zero-order valence-corrected chi connectivity index (χ0v) is 17.8. The number of allylic oxidation sites excluding steroid dienone is 1. The van der Waals surface area contributed by atoms with Gasteiger partial charge in [-0.05, 0) is 41.7 Å². The Morgan fingerprint density at radius 3 is 2.36 bits per heavy atom. The summed E-state index contributed by atoms with van der Waals surface area (Å²) in [5.74, 6) is -2.52. The number of anilines is 2. The van der Waals surface area contributed by atoms with Crippen LogP contribution in [0.15, 0.2) is 59.8 Å². The van der Waals surface area contributed by atoms with E-state index < -0.39 is 28.5 Å². The van der Waals surface area contributed by atoms with E-state index in [9.17, 15) is 32.9 Å². The van der Waals surface area contributed by atoms with E-state index in [0.717, 1.165) is 12.1 Å². The predicted octanol–water partition coefficient (Wildman–Crippen LogP) is 5.30. The second kappa shape index (κ2) is 7.72. The topological polar surface area (TPSA) is 92.6 Å². The maximum absolute atomic E-state index is 13.8. The number of rotatable bonds is 2. The molecule has 10 heteroatoms. The molecule has 0 radical (unpaired) electrons. The molecule has 0 spiro atoms. The molecule has 4 rings (SSSR count). The Morgan fingerprint density at radius 2 is 1.76 bits per heavy atom. The van der Waals surface area contributed by atoms with Crippen LogP contribution in [0.25, 0.3) is 0 Å². The lowest BCUT2D eigenvalue weighted by Gasteiger charge is -2.37. The van der Waals surface area contributed by atoms with E-state index >= 15 is 0 Å². The number of para-hydroxylation sites is 2. The van der Waals surface area contributed by atoms with Crippen molar-refractivity contribution in [3.8, 4) is 0 Å². The summed E-state index contributed by atoms with van der Waals surface area (Å²) >= 11 is 0. The lowest BCUT2D eigenvalue weighted by atomic mass is 9.73. The normalized spacial score (nSPS) is 19.8. The fraction of sp³-hybridized carbons (Fsp3) is 0.304. The quantitative estimate of drug-likeness (QED) is 0.486. The molecule has 2 aliphatic rings. The Labute approximate surface area is 187 Å². The third-order valence-electron chi connectivity index (χ3n) is 5.78. The Bertz CT molecular complexity index is 1190. The molecule has 2 aromatic rings. The van der Waals surface area contributed by atoms with Crippen LogP contribution in [-0.2, 0) is 9.59 Å². The van der Waals surface area contributed by atoms with E-state index in [1.165, 1.54) is 24.3 Å². The summed E-state index contributed by atoms with van der Waals surface area (Å²) in [6.45, 7) is 3.76. The molecule has 0 fully saturated rings. The maximum atomic E-state index is 13.8. The number of ketones is 1. The number of non-ortho nitro benzene ring substituents is 1. The molecule has 1 aliphatic heterocycles. The molecule has 1 atom stereocenters. The summed E-state index contributed by atoms with van der Waals surface area (Å²) in [6.07, 6.45) is -4.75. The molecule has 2 aromatic carbocycles. The second-order valence-electron chi connectivity index (χ2n) is 8.90. The van der Waals surface area contributed by atoms with Crippen molar-refractivity contribution in [1.82, 2.24) is 0 Å². The summed E-state index contributed by atoms with van der Waals surface area (Å²) in [4.78, 5) is 37.1. The van der Waals surface area contributed by atoms with Gasteiger partial charge < -0.3 is 5.32 Å². The lowest BCUT2D eigenvalue weighted by molar-refractivity contribution is -0.384. The molecule has 0 saturated carbocycles. The molecule has 33 heavy (non-hydrogen) atoms. The number of Topliss-reactive ketones (excluding diaryl/α,β-unsaturated/α-hetero) is 1. The fourth-order valence-electron chi connectivity index (χ4n) is 4.44. The summed E-state index contributed by atoms with van der Waals surface area (Å²) in [6, 6.07) is 9.48. The van der Waals surface area contributed by atoms with Crippen molar-refractivity contribution >= 4 is 28.8 Å². The highest BCUT2D eigenvalue weighted by molar-refractivity contribution is 6.07. The first kappa shape index (κ1) is 22.5. The van der Waals surface area contributed by atoms with Crippen LogP contribution in [0.3, 0.4) is 0 Å². The van der Waals surface area contributed by atoms with Crippen molar-refractivity contribution in [2.45, 2.75) is 38.9 Å². The molecule has 1 aliphatic carbocycles. The van der Waals surface area contributed by atoms with Gasteiger partial charge in [-0.1, -0.05) is 26.0 Å². The van der Waals surface area contributed by atoms with Gasteiger partial charge in [0.25, 0.3) is 5.69 Å². The van der Waals surface area contributed by atoms with Crippen molar-refractivity contribution < 1.29 is 27.7 Å². The van der Waals surface area contributed by atoms with Crippen LogP contribution >= 0.6 is 0 Å². The molecule has 0 saturated heterocycles. The number of nitro groups is 1. The molecule has 1 heterocycles. The Balaban J connectivity index is 2.01. The number of hydrogen-bond donors (Lipinski definition) is 1. The SMILES string of the molecule is CC1(C)CC(=O)C2=C(C1)Nc1ccccc1N(C(=O)C(F)(F)F)[C@H]2c1ccc([N+](=O)[O-])cc1. The van der Waals surface area contributed by atoms with Crippen LogP contribution in [0.5, 0.6) is 0 Å². The number of hydrogen-bond acceptors (Lipinski definition) is 5. The predicted molar refractivity (Wildman–Crippen MR) is 114 cm³/mol. The minimum Gasteiger partial charge on any atom is -0.357 e. The average molecular weight is 459 g/mol. The van der Waals surface area contributed by atoms with Gasteiger partial charge >= 0.3 is 12.1 Å². The van der Waals surface area contributed by atoms with Crippen molar-refractivity contribution in [1.29, 1.82) is 0 Å². The highest BCUT2D eigenvalue weighted by atomic mass is 19.4. The maximum Gasteiger partial charge on any atom is 0.471 e. The van der Waals surface area contributed by atoms with Gasteiger partial charge in [-0.2, -0.15) is 13.2 Å². The van der Waals surface area contributed by atoms with Crippen LogP contribution in [0.1, 0.15) is 38.3 Å². The van der Waals surface area contributed by atoms with Gasteiger partial charge in [0, 0.05) is 29.8 Å². The number of carbonyl (C=O) groups excluding carboxylic acids is 2. The zero-order chi connectivity index (χ0) is 24.1. The van der Waals surface area contributed by atoms with Crippen LogP contribution in [-0.4, -0.2) is 22.8 Å². The van der Waals surface area contributed by atoms with Crippen LogP contribution in [0, 0.1) is 15.5 Å². The third-order valence-corrected chi connectivity index (χ3v) is 5.78. The van der Waals surface area contributed by atoms with E-state index in [2.05, 4.69) is 5.32 Å². The minimum atomic E-state index is -5.21. The lowest BCUT2D eigenvalue weighted by Crippen LogP contribution is -2.45. The van der Waals surface area contributed by atoms with Crippen molar-refractivity contribution in [2.24, 2.45) is 5.41 Å². The molecule has 1 N–H and O–H groups in total. The number of benzene rings is 2. The standard InChI is InChI=1S/C23H20F3N3O4/c1-22(2)11-16-19(18(30)12-22)20(13-7-9-14(10-8-13)29(32)33)28(21(31)23(24,25)26)17-6-4-3-5-15(17)27-16/h3-10,20,27H,11-12H2,1-2H3/t20-/m0/s1. The van der Waals surface area contributed by atoms with Gasteiger partial charge in [-0.3, -0.25) is 24.6 Å². The highest BCUT2D eigenvalue weighted by Gasteiger charge is 2.50. The summed E-state index contributed by atoms with van der Waals surface area (Å²) in [5.41, 5.74) is 0.172. The van der Waals surface area contributed by atoms with Gasteiger partial charge in [-0.15, -0.1) is 0 Å². The molecular formula is C23H20F3N3O4. The van der Waals surface area contributed by atoms with Gasteiger partial charge in [-0.25, -0.2) is 0 Å². The Kier molecular flexibility index (Phi) is 5.26. The van der Waals surface area contributed by atoms with Gasteiger partial charge in [0.15, 0.2) is 5.78 Å². The number of carbonyl (C=O) groups is 2. The van der Waals surface area contributed by atoms with E-state index in [-0.39, 0.29) is 40.4 Å². The number of halogens is 3. The second-order valence-corrected chi connectivity index (χ2v) is 8.90. The first-order chi connectivity index (χ1) is 15.4. The fourth-order valence-corrected chi connectivity index (χ4v) is 4.44. The highest BCUT2D eigenvalue weighted by Crippen LogP contribution is 2.49. The Morgan fingerprint density at radius 1 is 1.12 bits per heavy atom. The molecule has 0 unspecified atom stereocenters. The monoisotopic (exact) mass is 459 g/mol. The first-order valence-corrected chi connectivity index (χ1v) is 10.2. The molecule has 172 valence electrons. The summed E-state index contributed by atoms with van der Waals surface area (Å²) in [5, 5.41) is 14.2. The average Bonchev–Trinajstić information content (AvgIpc) is 2.85. The first-order valence-electron chi connectivity index (χ1n) is 10.2.